The van der Waals surface area contributed by atoms with Gasteiger partial charge in [-0.25, -0.2) is 0 Å². The van der Waals surface area contributed by atoms with E-state index < -0.39 is 0 Å². The number of aliphatic hydroxyl groups excluding tert-OH is 1. The zero-order valence-corrected chi connectivity index (χ0v) is 9.08. The predicted octanol–water partition coefficient (Wildman–Crippen LogP) is 2.40. The number of pyridine rings is 1. The normalized spacial score (nSPS) is 12.3. The summed E-state index contributed by atoms with van der Waals surface area (Å²) in [5.74, 6) is 0.135. The second-order valence-corrected chi connectivity index (χ2v) is 3.82. The van der Waals surface area contributed by atoms with Crippen molar-refractivity contribution in [1.29, 1.82) is 0 Å². The summed E-state index contributed by atoms with van der Waals surface area (Å²) in [5.41, 5.74) is 2.18. The van der Waals surface area contributed by atoms with Crippen molar-refractivity contribution in [3.05, 3.63) is 66.0 Å². The lowest BCUT2D eigenvalue weighted by Gasteiger charge is -2.13. The van der Waals surface area contributed by atoms with Crippen LogP contribution in [0.15, 0.2) is 54.7 Å². The molecular formula is C14H15NO. The van der Waals surface area contributed by atoms with Crippen molar-refractivity contribution in [2.45, 2.75) is 12.3 Å². The van der Waals surface area contributed by atoms with E-state index in [4.69, 9.17) is 0 Å². The van der Waals surface area contributed by atoms with Crippen LogP contribution in [0.1, 0.15) is 17.2 Å². The Balaban J connectivity index is 2.13. The molecule has 2 rings (SSSR count). The number of aromatic nitrogens is 1. The standard InChI is InChI=1S/C14H15NO/c16-11-13(12-6-2-1-3-7-12)10-14-8-4-5-9-15-14/h1-9,13,16H,10-11H2. The fraction of sp³-hybridized carbons (Fsp3) is 0.214. The molecule has 16 heavy (non-hydrogen) atoms. The number of hydrogen-bond acceptors (Lipinski definition) is 2. The molecular weight excluding hydrogens is 198 g/mol. The van der Waals surface area contributed by atoms with Crippen LogP contribution in [-0.2, 0) is 6.42 Å². The SMILES string of the molecule is OCC(Cc1ccccn1)c1ccccc1. The van der Waals surface area contributed by atoms with Gasteiger partial charge in [0.25, 0.3) is 0 Å². The predicted molar refractivity (Wildman–Crippen MR) is 64.2 cm³/mol. The smallest absolute Gasteiger partial charge is 0.0503 e. The molecule has 1 heterocycles. The highest BCUT2D eigenvalue weighted by Gasteiger charge is 2.11. The van der Waals surface area contributed by atoms with Gasteiger partial charge in [-0.3, -0.25) is 4.98 Å². The maximum absolute atomic E-state index is 9.41. The van der Waals surface area contributed by atoms with E-state index in [1.54, 1.807) is 6.20 Å². The Morgan fingerprint density at radius 3 is 2.38 bits per heavy atom. The molecule has 1 atom stereocenters. The Bertz CT molecular complexity index is 413. The lowest BCUT2D eigenvalue weighted by atomic mass is 9.95. The second-order valence-electron chi connectivity index (χ2n) is 3.82. The number of nitrogens with zero attached hydrogens (tertiary/aromatic N) is 1. The number of hydrogen-bond donors (Lipinski definition) is 1. The third-order valence-electron chi connectivity index (χ3n) is 2.67. The van der Waals surface area contributed by atoms with Crippen molar-refractivity contribution in [2.24, 2.45) is 0 Å². The molecule has 0 aliphatic carbocycles. The molecule has 0 saturated heterocycles. The molecule has 0 radical (unpaired) electrons. The van der Waals surface area contributed by atoms with Gasteiger partial charge in [-0.2, -0.15) is 0 Å². The lowest BCUT2D eigenvalue weighted by molar-refractivity contribution is 0.264. The van der Waals surface area contributed by atoms with Crippen LogP contribution in [0.3, 0.4) is 0 Å². The summed E-state index contributed by atoms with van der Waals surface area (Å²) in [6.45, 7) is 0.153. The second kappa shape index (κ2) is 5.42. The van der Waals surface area contributed by atoms with Gasteiger partial charge in [-0.05, 0) is 24.1 Å². The van der Waals surface area contributed by atoms with Crippen LogP contribution in [0, 0.1) is 0 Å². The minimum Gasteiger partial charge on any atom is -0.396 e. The van der Waals surface area contributed by atoms with E-state index >= 15 is 0 Å². The molecule has 0 amide bonds. The van der Waals surface area contributed by atoms with Gasteiger partial charge in [0, 0.05) is 17.8 Å². The van der Waals surface area contributed by atoms with Crippen molar-refractivity contribution in [3.63, 3.8) is 0 Å². The number of aliphatic hydroxyl groups is 1. The molecule has 82 valence electrons. The largest absolute Gasteiger partial charge is 0.396 e. The topological polar surface area (TPSA) is 33.1 Å². The van der Waals surface area contributed by atoms with E-state index in [0.717, 1.165) is 17.7 Å². The molecule has 2 heteroatoms. The average Bonchev–Trinajstić information content (AvgIpc) is 2.38. The number of rotatable bonds is 4. The van der Waals surface area contributed by atoms with Crippen LogP contribution >= 0.6 is 0 Å². The Kier molecular flexibility index (Phi) is 3.67. The molecule has 1 N–H and O–H groups in total. The summed E-state index contributed by atoms with van der Waals surface area (Å²) >= 11 is 0. The van der Waals surface area contributed by atoms with Gasteiger partial charge in [0.05, 0.1) is 6.61 Å². The van der Waals surface area contributed by atoms with Crippen molar-refractivity contribution in [3.8, 4) is 0 Å². The lowest BCUT2D eigenvalue weighted by Crippen LogP contribution is -2.08. The summed E-state index contributed by atoms with van der Waals surface area (Å²) in [4.78, 5) is 4.28. The van der Waals surface area contributed by atoms with Gasteiger partial charge in [0.2, 0.25) is 0 Å². The van der Waals surface area contributed by atoms with E-state index in [-0.39, 0.29) is 12.5 Å². The summed E-state index contributed by atoms with van der Waals surface area (Å²) in [6, 6.07) is 15.9. The third kappa shape index (κ3) is 2.67. The molecule has 1 aromatic carbocycles. The van der Waals surface area contributed by atoms with Gasteiger partial charge >= 0.3 is 0 Å². The molecule has 1 unspecified atom stereocenters. The highest BCUT2D eigenvalue weighted by molar-refractivity contribution is 5.21. The fourth-order valence-corrected chi connectivity index (χ4v) is 1.78. The van der Waals surface area contributed by atoms with Gasteiger partial charge < -0.3 is 5.11 Å². The molecule has 2 nitrogen and oxygen atoms in total. The Hall–Kier alpha value is -1.67. The molecule has 1 aromatic heterocycles. The van der Waals surface area contributed by atoms with Gasteiger partial charge in [0.1, 0.15) is 0 Å². The Morgan fingerprint density at radius 2 is 1.75 bits per heavy atom. The third-order valence-corrected chi connectivity index (χ3v) is 2.67. The first kappa shape index (κ1) is 10.8. The fourth-order valence-electron chi connectivity index (χ4n) is 1.78. The van der Waals surface area contributed by atoms with E-state index in [2.05, 4.69) is 4.98 Å². The summed E-state index contributed by atoms with van der Waals surface area (Å²) in [5, 5.41) is 9.41. The van der Waals surface area contributed by atoms with Gasteiger partial charge in [-0.15, -0.1) is 0 Å². The van der Waals surface area contributed by atoms with Crippen LogP contribution in [-0.4, -0.2) is 16.7 Å². The molecule has 0 saturated carbocycles. The molecule has 2 aromatic rings. The molecule has 0 fully saturated rings. The zero-order chi connectivity index (χ0) is 11.2. The van der Waals surface area contributed by atoms with Crippen LogP contribution in [0.2, 0.25) is 0 Å². The molecule has 0 bridgehead atoms. The first-order valence-electron chi connectivity index (χ1n) is 5.46. The van der Waals surface area contributed by atoms with Crippen molar-refractivity contribution in [1.82, 2.24) is 4.98 Å². The van der Waals surface area contributed by atoms with E-state index in [0.29, 0.717) is 0 Å². The quantitative estimate of drug-likeness (QED) is 0.846. The van der Waals surface area contributed by atoms with E-state index in [1.165, 1.54) is 0 Å². The Morgan fingerprint density at radius 1 is 1.00 bits per heavy atom. The Labute approximate surface area is 95.6 Å². The van der Waals surface area contributed by atoms with Crippen molar-refractivity contribution >= 4 is 0 Å². The maximum atomic E-state index is 9.41. The first-order chi connectivity index (χ1) is 7.90. The average molecular weight is 213 g/mol. The van der Waals surface area contributed by atoms with Crippen LogP contribution in [0.25, 0.3) is 0 Å². The van der Waals surface area contributed by atoms with E-state index in [9.17, 15) is 5.11 Å². The minimum absolute atomic E-state index is 0.135. The van der Waals surface area contributed by atoms with Crippen LogP contribution in [0.4, 0.5) is 0 Å². The van der Waals surface area contributed by atoms with Crippen molar-refractivity contribution in [2.75, 3.05) is 6.61 Å². The minimum atomic E-state index is 0.135. The molecule has 0 aliphatic rings. The summed E-state index contributed by atoms with van der Waals surface area (Å²) < 4.78 is 0. The maximum Gasteiger partial charge on any atom is 0.0503 e. The molecule has 0 aliphatic heterocycles. The first-order valence-corrected chi connectivity index (χ1v) is 5.46. The van der Waals surface area contributed by atoms with Crippen molar-refractivity contribution < 1.29 is 5.11 Å². The van der Waals surface area contributed by atoms with Gasteiger partial charge in [0.15, 0.2) is 0 Å². The van der Waals surface area contributed by atoms with Crippen LogP contribution in [0.5, 0.6) is 0 Å². The monoisotopic (exact) mass is 213 g/mol. The summed E-state index contributed by atoms with van der Waals surface area (Å²) in [6.07, 6.45) is 2.57. The zero-order valence-electron chi connectivity index (χ0n) is 9.08. The highest BCUT2D eigenvalue weighted by Crippen LogP contribution is 2.18. The number of benzene rings is 1. The van der Waals surface area contributed by atoms with Crippen LogP contribution < -0.4 is 0 Å². The van der Waals surface area contributed by atoms with Gasteiger partial charge in [-0.1, -0.05) is 36.4 Å². The highest BCUT2D eigenvalue weighted by atomic mass is 16.3. The molecule has 0 spiro atoms. The van der Waals surface area contributed by atoms with E-state index in [1.807, 2.05) is 48.5 Å². The summed E-state index contributed by atoms with van der Waals surface area (Å²) in [7, 11) is 0.